The van der Waals surface area contributed by atoms with E-state index < -0.39 is 21.2 Å². The summed E-state index contributed by atoms with van der Waals surface area (Å²) in [7, 11) is -3.49. The number of rotatable bonds is 3. The number of nitrogens with zero attached hydrogens (tertiary/aromatic N) is 1. The molecule has 1 radical (unpaired) electrons. The van der Waals surface area contributed by atoms with Crippen molar-refractivity contribution in [3.05, 3.63) is 24.5 Å². The fraction of sp³-hybridized carbons (Fsp3) is 0.444. The molecule has 0 saturated heterocycles. The number of hydrogen-bond donors (Lipinski definition) is 0. The Morgan fingerprint density at radius 2 is 2.07 bits per heavy atom. The molecule has 0 saturated carbocycles. The second-order valence-electron chi connectivity index (χ2n) is 3.71. The van der Waals surface area contributed by atoms with Gasteiger partial charge in [0, 0.05) is 12.4 Å². The first-order chi connectivity index (χ1) is 6.31. The summed E-state index contributed by atoms with van der Waals surface area (Å²) in [5.74, 6) is -0.411. The van der Waals surface area contributed by atoms with Gasteiger partial charge in [-0.2, -0.15) is 0 Å². The van der Waals surface area contributed by atoms with Gasteiger partial charge in [0.2, 0.25) is 0 Å². The zero-order valence-electron chi connectivity index (χ0n) is 8.10. The average Bonchev–Trinajstić information content (AvgIpc) is 2.01. The molecule has 5 heteroatoms. The molecule has 0 aromatic carbocycles. The largest absolute Gasteiger partial charge is 0.263 e. The number of pyridine rings is 1. The van der Waals surface area contributed by atoms with Crippen LogP contribution in [0.15, 0.2) is 29.4 Å². The Balaban J connectivity index is 2.99. The quantitative estimate of drug-likeness (QED) is 0.755. The molecule has 1 heterocycles. The maximum absolute atomic E-state index is 11.6. The van der Waals surface area contributed by atoms with E-state index in [9.17, 15) is 13.5 Å². The maximum Gasteiger partial charge on any atom is 0.182 e. The molecule has 0 aliphatic carbocycles. The summed E-state index contributed by atoms with van der Waals surface area (Å²) in [5, 5.41) is 11.3. The first kappa shape index (κ1) is 11.1. The molecule has 0 fully saturated rings. The Bertz CT molecular complexity index is 392. The lowest BCUT2D eigenvalue weighted by molar-refractivity contribution is 0.0249. The van der Waals surface area contributed by atoms with Crippen LogP contribution in [0.1, 0.15) is 13.8 Å². The molecular formula is C9H12NO3S. The van der Waals surface area contributed by atoms with Crippen molar-refractivity contribution in [2.24, 2.45) is 0 Å². The minimum absolute atomic E-state index is 0.101. The van der Waals surface area contributed by atoms with Gasteiger partial charge in [-0.05, 0) is 26.0 Å². The van der Waals surface area contributed by atoms with Crippen LogP contribution in [0.4, 0.5) is 0 Å². The highest BCUT2D eigenvalue weighted by Gasteiger charge is 2.26. The molecule has 0 spiro atoms. The number of sulfone groups is 1. The van der Waals surface area contributed by atoms with Crippen LogP contribution in [0.25, 0.3) is 0 Å². The van der Waals surface area contributed by atoms with E-state index in [0.29, 0.717) is 0 Å². The Morgan fingerprint density at radius 3 is 2.50 bits per heavy atom. The van der Waals surface area contributed by atoms with Gasteiger partial charge in [0.15, 0.2) is 9.84 Å². The maximum atomic E-state index is 11.6. The number of aromatic nitrogens is 1. The van der Waals surface area contributed by atoms with E-state index in [-0.39, 0.29) is 4.90 Å². The van der Waals surface area contributed by atoms with E-state index in [2.05, 4.69) is 4.98 Å². The molecule has 0 unspecified atom stereocenters. The van der Waals surface area contributed by atoms with Crippen LogP contribution in [0.5, 0.6) is 0 Å². The van der Waals surface area contributed by atoms with Crippen molar-refractivity contribution >= 4 is 9.84 Å². The van der Waals surface area contributed by atoms with E-state index in [1.165, 1.54) is 38.4 Å². The van der Waals surface area contributed by atoms with Crippen molar-refractivity contribution in [3.63, 3.8) is 0 Å². The van der Waals surface area contributed by atoms with Crippen molar-refractivity contribution in [2.75, 3.05) is 5.75 Å². The molecule has 0 aliphatic heterocycles. The SMILES string of the molecule is CC(C)([O])CS(=O)(=O)c1cccnc1. The predicted molar refractivity (Wildman–Crippen MR) is 51.1 cm³/mol. The smallest absolute Gasteiger partial charge is 0.182 e. The lowest BCUT2D eigenvalue weighted by Gasteiger charge is -2.13. The van der Waals surface area contributed by atoms with Gasteiger partial charge >= 0.3 is 0 Å². The summed E-state index contributed by atoms with van der Waals surface area (Å²) < 4.78 is 23.2. The second kappa shape index (κ2) is 3.67. The van der Waals surface area contributed by atoms with Crippen LogP contribution in [-0.2, 0) is 14.9 Å². The molecule has 77 valence electrons. The van der Waals surface area contributed by atoms with Crippen molar-refractivity contribution < 1.29 is 13.5 Å². The predicted octanol–water partition coefficient (Wildman–Crippen LogP) is 1.06. The van der Waals surface area contributed by atoms with Crippen LogP contribution in [0, 0.1) is 0 Å². The molecule has 0 bridgehead atoms. The third kappa shape index (κ3) is 3.08. The summed E-state index contributed by atoms with van der Waals surface area (Å²) in [6, 6.07) is 2.97. The van der Waals surface area contributed by atoms with Crippen LogP contribution in [0.3, 0.4) is 0 Å². The van der Waals surface area contributed by atoms with Crippen molar-refractivity contribution in [3.8, 4) is 0 Å². The summed E-state index contributed by atoms with van der Waals surface area (Å²) >= 11 is 0. The molecule has 1 rings (SSSR count). The minimum atomic E-state index is -3.49. The molecule has 0 aliphatic rings. The fourth-order valence-corrected chi connectivity index (χ4v) is 2.66. The average molecular weight is 214 g/mol. The van der Waals surface area contributed by atoms with Crippen LogP contribution in [-0.4, -0.2) is 24.8 Å². The first-order valence-corrected chi connectivity index (χ1v) is 5.80. The summed E-state index contributed by atoms with van der Waals surface area (Å²) in [4.78, 5) is 3.80. The van der Waals surface area contributed by atoms with Crippen molar-refractivity contribution in [1.82, 2.24) is 4.98 Å². The van der Waals surface area contributed by atoms with Crippen LogP contribution < -0.4 is 0 Å². The highest BCUT2D eigenvalue weighted by atomic mass is 32.2. The Hall–Kier alpha value is -0.940. The van der Waals surface area contributed by atoms with Gasteiger partial charge < -0.3 is 0 Å². The van der Waals surface area contributed by atoms with Gasteiger partial charge in [-0.3, -0.25) is 4.98 Å². The minimum Gasteiger partial charge on any atom is -0.263 e. The van der Waals surface area contributed by atoms with Gasteiger partial charge in [0.1, 0.15) is 5.60 Å². The van der Waals surface area contributed by atoms with E-state index in [0.717, 1.165) is 0 Å². The Labute approximate surface area is 83.5 Å². The third-order valence-electron chi connectivity index (χ3n) is 1.53. The van der Waals surface area contributed by atoms with E-state index in [4.69, 9.17) is 0 Å². The van der Waals surface area contributed by atoms with Gasteiger partial charge in [-0.25, -0.2) is 13.5 Å². The van der Waals surface area contributed by atoms with Crippen molar-refractivity contribution in [1.29, 1.82) is 0 Å². The second-order valence-corrected chi connectivity index (χ2v) is 5.70. The van der Waals surface area contributed by atoms with E-state index in [1.807, 2.05) is 0 Å². The van der Waals surface area contributed by atoms with Gasteiger partial charge in [0.05, 0.1) is 10.6 Å². The molecular weight excluding hydrogens is 202 g/mol. The molecule has 4 nitrogen and oxygen atoms in total. The highest BCUT2D eigenvalue weighted by Crippen LogP contribution is 2.15. The third-order valence-corrected chi connectivity index (χ3v) is 3.57. The summed E-state index contributed by atoms with van der Waals surface area (Å²) in [6.07, 6.45) is 2.74. The lowest BCUT2D eigenvalue weighted by Crippen LogP contribution is -2.28. The molecule has 14 heavy (non-hydrogen) atoms. The highest BCUT2D eigenvalue weighted by molar-refractivity contribution is 7.91. The van der Waals surface area contributed by atoms with Gasteiger partial charge in [0.25, 0.3) is 0 Å². The first-order valence-electron chi connectivity index (χ1n) is 4.14. The Morgan fingerprint density at radius 1 is 1.43 bits per heavy atom. The molecule has 0 atom stereocenters. The summed E-state index contributed by atoms with van der Waals surface area (Å²) in [6.45, 7) is 2.70. The molecule has 1 aromatic heterocycles. The summed E-state index contributed by atoms with van der Waals surface area (Å²) in [5.41, 5.74) is -1.48. The van der Waals surface area contributed by atoms with Crippen LogP contribution >= 0.6 is 0 Å². The van der Waals surface area contributed by atoms with E-state index >= 15 is 0 Å². The van der Waals surface area contributed by atoms with Crippen LogP contribution in [0.2, 0.25) is 0 Å². The fourth-order valence-electron chi connectivity index (χ4n) is 1.07. The number of hydrogen-bond acceptors (Lipinski definition) is 3. The monoisotopic (exact) mass is 214 g/mol. The topological polar surface area (TPSA) is 66.9 Å². The van der Waals surface area contributed by atoms with E-state index in [1.54, 1.807) is 0 Å². The van der Waals surface area contributed by atoms with Crippen molar-refractivity contribution in [2.45, 2.75) is 24.3 Å². The normalized spacial score (nSPS) is 12.8. The zero-order chi connectivity index (χ0) is 10.8. The lowest BCUT2D eigenvalue weighted by atomic mass is 10.2. The van der Waals surface area contributed by atoms with Gasteiger partial charge in [-0.15, -0.1) is 0 Å². The Kier molecular flexibility index (Phi) is 2.92. The molecule has 0 N–H and O–H groups in total. The molecule has 1 aromatic rings. The van der Waals surface area contributed by atoms with Gasteiger partial charge in [-0.1, -0.05) is 0 Å². The standard InChI is InChI=1S/C9H12NO3S/c1-9(2,11)7-14(12,13)8-4-3-5-10-6-8/h3-6H,7H2,1-2H3. The molecule has 0 amide bonds. The zero-order valence-corrected chi connectivity index (χ0v) is 8.91.